The normalized spacial score (nSPS) is 10.3. The number of nitrogens with one attached hydrogen (secondary N) is 2. The Labute approximate surface area is 155 Å². The van der Waals surface area contributed by atoms with Crippen molar-refractivity contribution in [1.82, 2.24) is 4.98 Å². The van der Waals surface area contributed by atoms with E-state index >= 15 is 0 Å². The topological polar surface area (TPSA) is 63.2 Å². The molecule has 0 saturated heterocycles. The van der Waals surface area contributed by atoms with Crippen molar-refractivity contribution in [1.29, 1.82) is 0 Å². The summed E-state index contributed by atoms with van der Waals surface area (Å²) in [5.41, 5.74) is 0.970. The van der Waals surface area contributed by atoms with Gasteiger partial charge in [0.15, 0.2) is 0 Å². The van der Waals surface area contributed by atoms with E-state index in [0.717, 1.165) is 12.1 Å². The van der Waals surface area contributed by atoms with E-state index in [1.54, 1.807) is 24.3 Å². The summed E-state index contributed by atoms with van der Waals surface area (Å²) in [4.78, 5) is 16.5. The zero-order chi connectivity index (χ0) is 19.2. The fourth-order valence-corrected chi connectivity index (χ4v) is 2.38. The molecule has 5 nitrogen and oxygen atoms in total. The van der Waals surface area contributed by atoms with Gasteiger partial charge in [0.05, 0.1) is 23.5 Å². The standard InChI is InChI=1S/C20H17F2N3O2/c1-2-27-18-6-4-3-5-17(18)25-20(26)13-7-10-19(23-12-13)24-16-9-8-14(21)11-15(16)22/h3-12H,2H2,1H3,(H,23,24)(H,25,26). The molecule has 0 bridgehead atoms. The number of aromatic nitrogens is 1. The van der Waals surface area contributed by atoms with E-state index in [1.165, 1.54) is 18.3 Å². The van der Waals surface area contributed by atoms with Crippen LogP contribution in [-0.2, 0) is 0 Å². The number of rotatable bonds is 6. The quantitative estimate of drug-likeness (QED) is 0.658. The summed E-state index contributed by atoms with van der Waals surface area (Å²) in [6.07, 6.45) is 1.36. The van der Waals surface area contributed by atoms with Gasteiger partial charge in [-0.25, -0.2) is 13.8 Å². The molecule has 0 aliphatic heterocycles. The molecule has 0 saturated carbocycles. The largest absolute Gasteiger partial charge is 0.492 e. The smallest absolute Gasteiger partial charge is 0.257 e. The molecule has 3 rings (SSSR count). The minimum absolute atomic E-state index is 0.0896. The molecule has 2 aromatic carbocycles. The summed E-state index contributed by atoms with van der Waals surface area (Å²) in [5.74, 6) is -0.844. The number of para-hydroxylation sites is 2. The van der Waals surface area contributed by atoms with E-state index < -0.39 is 11.6 Å². The van der Waals surface area contributed by atoms with Crippen molar-refractivity contribution >= 4 is 23.1 Å². The zero-order valence-corrected chi connectivity index (χ0v) is 14.5. The van der Waals surface area contributed by atoms with Gasteiger partial charge in [0.2, 0.25) is 0 Å². The van der Waals surface area contributed by atoms with Crippen LogP contribution < -0.4 is 15.4 Å². The SMILES string of the molecule is CCOc1ccccc1NC(=O)c1ccc(Nc2ccc(F)cc2F)nc1. The number of amides is 1. The molecule has 138 valence electrons. The molecule has 3 aromatic rings. The maximum absolute atomic E-state index is 13.7. The van der Waals surface area contributed by atoms with E-state index in [4.69, 9.17) is 4.74 Å². The number of carbonyl (C=O) groups excluding carboxylic acids is 1. The first kappa shape index (κ1) is 18.3. The second-order valence-electron chi connectivity index (χ2n) is 5.56. The predicted molar refractivity (Wildman–Crippen MR) is 99.4 cm³/mol. The van der Waals surface area contributed by atoms with Crippen LogP contribution in [-0.4, -0.2) is 17.5 Å². The molecule has 0 spiro atoms. The van der Waals surface area contributed by atoms with E-state index in [1.807, 2.05) is 13.0 Å². The number of carbonyl (C=O) groups is 1. The van der Waals surface area contributed by atoms with Crippen LogP contribution >= 0.6 is 0 Å². The van der Waals surface area contributed by atoms with Crippen molar-refractivity contribution < 1.29 is 18.3 Å². The van der Waals surface area contributed by atoms with Crippen LogP contribution in [0.5, 0.6) is 5.75 Å². The van der Waals surface area contributed by atoms with Crippen LogP contribution in [0.4, 0.5) is 26.0 Å². The van der Waals surface area contributed by atoms with Gasteiger partial charge in [0, 0.05) is 12.3 Å². The number of pyridine rings is 1. The summed E-state index contributed by atoms with van der Waals surface area (Å²) in [6.45, 7) is 2.34. The highest BCUT2D eigenvalue weighted by atomic mass is 19.1. The molecule has 2 N–H and O–H groups in total. The van der Waals surface area contributed by atoms with E-state index in [-0.39, 0.29) is 11.6 Å². The highest BCUT2D eigenvalue weighted by Crippen LogP contribution is 2.24. The lowest BCUT2D eigenvalue weighted by molar-refractivity contribution is 0.102. The molecule has 1 amide bonds. The Bertz CT molecular complexity index is 946. The first-order valence-corrected chi connectivity index (χ1v) is 8.28. The van der Waals surface area contributed by atoms with Crippen molar-refractivity contribution in [2.24, 2.45) is 0 Å². The van der Waals surface area contributed by atoms with Gasteiger partial charge in [-0.1, -0.05) is 12.1 Å². The van der Waals surface area contributed by atoms with Crippen LogP contribution in [0.1, 0.15) is 17.3 Å². The Kier molecular flexibility index (Phi) is 5.61. The third-order valence-electron chi connectivity index (χ3n) is 3.65. The first-order valence-electron chi connectivity index (χ1n) is 8.28. The van der Waals surface area contributed by atoms with E-state index in [2.05, 4.69) is 15.6 Å². The van der Waals surface area contributed by atoms with Gasteiger partial charge >= 0.3 is 0 Å². The number of benzene rings is 2. The minimum Gasteiger partial charge on any atom is -0.492 e. The Balaban J connectivity index is 1.70. The third-order valence-corrected chi connectivity index (χ3v) is 3.65. The number of halogens is 2. The van der Waals surface area contributed by atoms with Crippen molar-refractivity contribution in [2.45, 2.75) is 6.92 Å². The molecule has 7 heteroatoms. The Morgan fingerprint density at radius 2 is 1.89 bits per heavy atom. The molecule has 0 aliphatic carbocycles. The molecule has 0 atom stereocenters. The molecule has 0 unspecified atom stereocenters. The first-order chi connectivity index (χ1) is 13.1. The fraction of sp³-hybridized carbons (Fsp3) is 0.100. The summed E-state index contributed by atoms with van der Waals surface area (Å²) in [7, 11) is 0. The van der Waals surface area contributed by atoms with E-state index in [9.17, 15) is 13.6 Å². The molecular formula is C20H17F2N3O2. The Hall–Kier alpha value is -3.48. The van der Waals surface area contributed by atoms with Crippen molar-refractivity contribution in [2.75, 3.05) is 17.2 Å². The number of nitrogens with zero attached hydrogens (tertiary/aromatic N) is 1. The number of hydrogen-bond donors (Lipinski definition) is 2. The maximum atomic E-state index is 13.7. The predicted octanol–water partition coefficient (Wildman–Crippen LogP) is 4.75. The van der Waals surface area contributed by atoms with Gasteiger partial charge in [-0.3, -0.25) is 4.79 Å². The molecule has 27 heavy (non-hydrogen) atoms. The maximum Gasteiger partial charge on any atom is 0.257 e. The molecule has 1 heterocycles. The molecular weight excluding hydrogens is 352 g/mol. The fourth-order valence-electron chi connectivity index (χ4n) is 2.38. The summed E-state index contributed by atoms with van der Waals surface area (Å²) in [6, 6.07) is 13.4. The minimum atomic E-state index is -0.730. The van der Waals surface area contributed by atoms with Crippen LogP contribution in [0.3, 0.4) is 0 Å². The lowest BCUT2D eigenvalue weighted by atomic mass is 10.2. The molecule has 0 radical (unpaired) electrons. The van der Waals surface area contributed by atoms with Crippen LogP contribution in [0.2, 0.25) is 0 Å². The van der Waals surface area contributed by atoms with Crippen LogP contribution in [0.15, 0.2) is 60.8 Å². The average molecular weight is 369 g/mol. The lowest BCUT2D eigenvalue weighted by Crippen LogP contribution is -2.13. The third kappa shape index (κ3) is 4.58. The Morgan fingerprint density at radius 3 is 2.59 bits per heavy atom. The number of ether oxygens (including phenoxy) is 1. The van der Waals surface area contributed by atoms with Crippen molar-refractivity contribution in [3.63, 3.8) is 0 Å². The molecule has 1 aromatic heterocycles. The number of hydrogen-bond acceptors (Lipinski definition) is 4. The van der Waals surface area contributed by atoms with Gasteiger partial charge in [0.25, 0.3) is 5.91 Å². The molecule has 0 fully saturated rings. The highest BCUT2D eigenvalue weighted by Gasteiger charge is 2.11. The highest BCUT2D eigenvalue weighted by molar-refractivity contribution is 6.04. The van der Waals surface area contributed by atoms with E-state index in [0.29, 0.717) is 29.4 Å². The summed E-state index contributed by atoms with van der Waals surface area (Å²) >= 11 is 0. The van der Waals surface area contributed by atoms with Gasteiger partial charge in [-0.05, 0) is 43.3 Å². The average Bonchev–Trinajstić information content (AvgIpc) is 2.66. The van der Waals surface area contributed by atoms with Crippen LogP contribution in [0.25, 0.3) is 0 Å². The van der Waals surface area contributed by atoms with Crippen LogP contribution in [0, 0.1) is 11.6 Å². The second kappa shape index (κ2) is 8.27. The van der Waals surface area contributed by atoms with Gasteiger partial charge < -0.3 is 15.4 Å². The van der Waals surface area contributed by atoms with Gasteiger partial charge in [-0.15, -0.1) is 0 Å². The second-order valence-corrected chi connectivity index (χ2v) is 5.56. The van der Waals surface area contributed by atoms with Crippen molar-refractivity contribution in [3.05, 3.63) is 78.0 Å². The zero-order valence-electron chi connectivity index (χ0n) is 14.5. The summed E-state index contributed by atoms with van der Waals surface area (Å²) in [5, 5.41) is 5.51. The number of anilines is 3. The Morgan fingerprint density at radius 1 is 1.07 bits per heavy atom. The molecule has 0 aliphatic rings. The monoisotopic (exact) mass is 369 g/mol. The van der Waals surface area contributed by atoms with Crippen molar-refractivity contribution in [3.8, 4) is 5.75 Å². The van der Waals surface area contributed by atoms with Gasteiger partial charge in [0.1, 0.15) is 23.2 Å². The van der Waals surface area contributed by atoms with Gasteiger partial charge in [-0.2, -0.15) is 0 Å². The summed E-state index contributed by atoms with van der Waals surface area (Å²) < 4.78 is 32.1. The lowest BCUT2D eigenvalue weighted by Gasteiger charge is -2.11.